The fraction of sp³-hybridized carbons (Fsp3) is 0.682. The number of nitrogens with one attached hydrogen (secondary N) is 2. The summed E-state index contributed by atoms with van der Waals surface area (Å²) in [7, 11) is 0. The summed E-state index contributed by atoms with van der Waals surface area (Å²) < 4.78 is 5.46. The van der Waals surface area contributed by atoms with Crippen molar-refractivity contribution in [2.75, 3.05) is 59.0 Å². The van der Waals surface area contributed by atoms with E-state index in [0.717, 1.165) is 65.0 Å². The highest BCUT2D eigenvalue weighted by Crippen LogP contribution is 2.19. The lowest BCUT2D eigenvalue weighted by Gasteiger charge is -2.32. The molecule has 2 N–H and O–H groups in total. The van der Waals surface area contributed by atoms with Crippen LogP contribution < -0.4 is 10.6 Å². The van der Waals surface area contributed by atoms with Crippen molar-refractivity contribution in [3.8, 4) is 0 Å². The number of halogens is 1. The average molecular weight is 518 g/mol. The summed E-state index contributed by atoms with van der Waals surface area (Å²) >= 11 is 0. The number of guanidine groups is 1. The zero-order chi connectivity index (χ0) is 20.2. The molecule has 1 aromatic carbocycles. The maximum Gasteiger partial charge on any atom is 0.191 e. The summed E-state index contributed by atoms with van der Waals surface area (Å²) in [6, 6.07) is 11.5. The Labute approximate surface area is 194 Å². The van der Waals surface area contributed by atoms with Crippen molar-refractivity contribution in [1.29, 1.82) is 0 Å². The van der Waals surface area contributed by atoms with E-state index in [2.05, 4.69) is 78.5 Å². The molecule has 1 fully saturated rings. The molecule has 0 amide bonds. The molecule has 0 saturated carbocycles. The fourth-order valence-electron chi connectivity index (χ4n) is 3.69. The van der Waals surface area contributed by atoms with Gasteiger partial charge in [0.15, 0.2) is 5.96 Å². The summed E-state index contributed by atoms with van der Waals surface area (Å²) in [5, 5.41) is 6.98. The Morgan fingerprint density at radius 3 is 2.34 bits per heavy atom. The van der Waals surface area contributed by atoms with Gasteiger partial charge in [-0.3, -0.25) is 14.8 Å². The fourth-order valence-corrected chi connectivity index (χ4v) is 3.69. The van der Waals surface area contributed by atoms with E-state index in [1.54, 1.807) is 0 Å². The highest BCUT2D eigenvalue weighted by Gasteiger charge is 2.19. The summed E-state index contributed by atoms with van der Waals surface area (Å²) in [5.74, 6) is 0.899. The highest BCUT2D eigenvalue weighted by atomic mass is 127. The smallest absolute Gasteiger partial charge is 0.191 e. The molecule has 0 aromatic heterocycles. The van der Waals surface area contributed by atoms with Gasteiger partial charge in [-0.1, -0.05) is 44.2 Å². The van der Waals surface area contributed by atoms with E-state index in [4.69, 9.17) is 9.73 Å². The molecule has 0 spiro atoms. The van der Waals surface area contributed by atoms with Crippen molar-refractivity contribution >= 4 is 29.9 Å². The number of ether oxygens (including phenoxy) is 1. The molecule has 0 bridgehead atoms. The third-order valence-corrected chi connectivity index (χ3v) is 5.43. The minimum atomic E-state index is 0. The van der Waals surface area contributed by atoms with Gasteiger partial charge in [0.1, 0.15) is 0 Å². The molecule has 166 valence electrons. The number of aliphatic imine (C=N–C) groups is 1. The van der Waals surface area contributed by atoms with Crippen LogP contribution in [0.3, 0.4) is 0 Å². The second kappa shape index (κ2) is 15.0. The summed E-state index contributed by atoms with van der Waals surface area (Å²) in [6.07, 6.45) is 0. The summed E-state index contributed by atoms with van der Waals surface area (Å²) in [6.45, 7) is 17.0. The van der Waals surface area contributed by atoms with Gasteiger partial charge in [0.05, 0.1) is 25.8 Å². The zero-order valence-corrected chi connectivity index (χ0v) is 20.9. The molecule has 2 unspecified atom stereocenters. The molecule has 1 aromatic rings. The molecule has 2 rings (SSSR count). The van der Waals surface area contributed by atoms with Crippen molar-refractivity contribution in [2.24, 2.45) is 4.99 Å². The van der Waals surface area contributed by atoms with Gasteiger partial charge in [0, 0.05) is 32.2 Å². The normalized spacial score (nSPS) is 17.5. The predicted octanol–water partition coefficient (Wildman–Crippen LogP) is 2.96. The molecule has 1 aliphatic rings. The molecule has 1 saturated heterocycles. The molecular weight excluding hydrogens is 477 g/mol. The number of rotatable bonds is 10. The zero-order valence-electron chi connectivity index (χ0n) is 18.6. The van der Waals surface area contributed by atoms with Crippen molar-refractivity contribution in [3.63, 3.8) is 0 Å². The van der Waals surface area contributed by atoms with Crippen LogP contribution in [0.1, 0.15) is 39.3 Å². The Balaban J connectivity index is 0.00000420. The first-order chi connectivity index (χ1) is 13.7. The van der Waals surface area contributed by atoms with E-state index in [0.29, 0.717) is 12.1 Å². The Morgan fingerprint density at radius 2 is 1.76 bits per heavy atom. The first-order valence-electron chi connectivity index (χ1n) is 10.8. The largest absolute Gasteiger partial charge is 0.379 e. The Morgan fingerprint density at radius 1 is 1.10 bits per heavy atom. The molecular formula is C22H40IN5O. The topological polar surface area (TPSA) is 52.1 Å². The van der Waals surface area contributed by atoms with Crippen molar-refractivity contribution in [1.82, 2.24) is 20.4 Å². The number of benzene rings is 1. The van der Waals surface area contributed by atoms with E-state index < -0.39 is 0 Å². The third-order valence-electron chi connectivity index (χ3n) is 5.43. The number of nitrogens with zero attached hydrogens (tertiary/aromatic N) is 3. The first kappa shape index (κ1) is 26.1. The molecule has 0 aliphatic carbocycles. The van der Waals surface area contributed by atoms with Crippen LogP contribution in [0.2, 0.25) is 0 Å². The number of likely N-dealkylation sites (N-methyl/N-ethyl adjacent to an activating group) is 1. The maximum atomic E-state index is 5.46. The summed E-state index contributed by atoms with van der Waals surface area (Å²) in [5.41, 5.74) is 1.34. The Bertz CT molecular complexity index is 562. The van der Waals surface area contributed by atoms with Crippen LogP contribution in [-0.2, 0) is 4.74 Å². The van der Waals surface area contributed by atoms with E-state index >= 15 is 0 Å². The van der Waals surface area contributed by atoms with E-state index in [9.17, 15) is 0 Å². The SMILES string of the molecule is CCNC(=NCC(C)N1CCOCC1)NCC(c1ccccc1)N(CC)CC.I. The predicted molar refractivity (Wildman–Crippen MR) is 133 cm³/mol. The van der Waals surface area contributed by atoms with Gasteiger partial charge < -0.3 is 15.4 Å². The third kappa shape index (κ3) is 8.78. The van der Waals surface area contributed by atoms with Gasteiger partial charge in [-0.05, 0) is 32.5 Å². The van der Waals surface area contributed by atoms with Crippen LogP contribution >= 0.6 is 24.0 Å². The number of morpholine rings is 1. The maximum absolute atomic E-state index is 5.46. The quantitative estimate of drug-likeness (QED) is 0.284. The molecule has 0 radical (unpaired) electrons. The monoisotopic (exact) mass is 517 g/mol. The lowest BCUT2D eigenvalue weighted by atomic mass is 10.1. The minimum Gasteiger partial charge on any atom is -0.379 e. The van der Waals surface area contributed by atoms with Crippen molar-refractivity contribution in [2.45, 2.75) is 39.8 Å². The van der Waals surface area contributed by atoms with Gasteiger partial charge in [-0.15, -0.1) is 24.0 Å². The van der Waals surface area contributed by atoms with Gasteiger partial charge in [-0.2, -0.15) is 0 Å². The van der Waals surface area contributed by atoms with Crippen LogP contribution in [0.4, 0.5) is 0 Å². The van der Waals surface area contributed by atoms with Gasteiger partial charge in [-0.25, -0.2) is 0 Å². The van der Waals surface area contributed by atoms with Crippen LogP contribution in [0, 0.1) is 0 Å². The Kier molecular flexibility index (Phi) is 13.5. The van der Waals surface area contributed by atoms with Crippen LogP contribution in [0.15, 0.2) is 35.3 Å². The molecule has 1 aliphatic heterocycles. The first-order valence-corrected chi connectivity index (χ1v) is 10.8. The standard InChI is InChI=1S/C22H39N5O.HI/c1-5-23-22(24-17-19(4)27-13-15-28-16-14-27)25-18-21(26(6-2)7-3)20-11-9-8-10-12-20;/h8-12,19,21H,5-7,13-18H2,1-4H3,(H2,23,24,25);1H. The summed E-state index contributed by atoms with van der Waals surface area (Å²) in [4.78, 5) is 9.80. The molecule has 6 nitrogen and oxygen atoms in total. The average Bonchev–Trinajstić information content (AvgIpc) is 2.75. The van der Waals surface area contributed by atoms with Crippen LogP contribution in [0.25, 0.3) is 0 Å². The number of hydrogen-bond acceptors (Lipinski definition) is 4. The van der Waals surface area contributed by atoms with E-state index in [1.807, 2.05) is 0 Å². The van der Waals surface area contributed by atoms with E-state index in [1.165, 1.54) is 5.56 Å². The second-order valence-electron chi connectivity index (χ2n) is 7.25. The molecule has 29 heavy (non-hydrogen) atoms. The van der Waals surface area contributed by atoms with Gasteiger partial charge >= 0.3 is 0 Å². The molecule has 1 heterocycles. The minimum absolute atomic E-state index is 0. The van der Waals surface area contributed by atoms with Gasteiger partial charge in [0.25, 0.3) is 0 Å². The van der Waals surface area contributed by atoms with Crippen LogP contribution in [0.5, 0.6) is 0 Å². The van der Waals surface area contributed by atoms with E-state index in [-0.39, 0.29) is 24.0 Å². The highest BCUT2D eigenvalue weighted by molar-refractivity contribution is 14.0. The van der Waals surface area contributed by atoms with Crippen LogP contribution in [-0.4, -0.2) is 80.8 Å². The lowest BCUT2D eigenvalue weighted by Crippen LogP contribution is -2.45. The van der Waals surface area contributed by atoms with Crippen molar-refractivity contribution in [3.05, 3.63) is 35.9 Å². The van der Waals surface area contributed by atoms with Crippen molar-refractivity contribution < 1.29 is 4.74 Å². The molecule has 7 heteroatoms. The van der Waals surface area contributed by atoms with Gasteiger partial charge in [0.2, 0.25) is 0 Å². The molecule has 2 atom stereocenters. The Hall–Kier alpha value is -0.900. The number of hydrogen-bond donors (Lipinski definition) is 2. The second-order valence-corrected chi connectivity index (χ2v) is 7.25. The lowest BCUT2D eigenvalue weighted by molar-refractivity contribution is 0.0220.